The zero-order chi connectivity index (χ0) is 22.2. The van der Waals surface area contributed by atoms with E-state index in [0.29, 0.717) is 29.4 Å². The van der Waals surface area contributed by atoms with Crippen LogP contribution in [0.25, 0.3) is 21.3 Å². The summed E-state index contributed by atoms with van der Waals surface area (Å²) in [6, 6.07) is 2.12. The fraction of sp³-hybridized carbons (Fsp3) is 0.409. The van der Waals surface area contributed by atoms with Crippen molar-refractivity contribution in [1.29, 1.82) is 0 Å². The Morgan fingerprint density at radius 1 is 1.34 bits per heavy atom. The second-order valence-corrected chi connectivity index (χ2v) is 10.4. The predicted molar refractivity (Wildman–Crippen MR) is 130 cm³/mol. The van der Waals surface area contributed by atoms with Gasteiger partial charge in [-0.2, -0.15) is 16.9 Å². The van der Waals surface area contributed by atoms with Crippen molar-refractivity contribution < 1.29 is 4.79 Å². The molecule has 0 spiro atoms. The van der Waals surface area contributed by atoms with Crippen LogP contribution in [-0.4, -0.2) is 36.4 Å². The van der Waals surface area contributed by atoms with E-state index in [1.54, 1.807) is 35.5 Å². The molecular weight excluding hydrogens is 444 g/mol. The van der Waals surface area contributed by atoms with E-state index in [1.165, 1.54) is 10.4 Å². The molecule has 1 aliphatic rings. The second kappa shape index (κ2) is 8.67. The van der Waals surface area contributed by atoms with Crippen molar-refractivity contribution in [2.45, 2.75) is 51.3 Å². The van der Waals surface area contributed by atoms with Gasteiger partial charge in [-0.05, 0) is 44.7 Å². The summed E-state index contributed by atoms with van der Waals surface area (Å²) in [5.41, 5.74) is 2.63. The monoisotopic (exact) mass is 468 g/mol. The Labute approximate surface area is 192 Å². The number of thioether (sulfide) groups is 1. The van der Waals surface area contributed by atoms with Crippen molar-refractivity contribution in [2.75, 3.05) is 11.1 Å². The Morgan fingerprint density at radius 3 is 3.06 bits per heavy atom. The molecule has 5 rings (SSSR count). The molecule has 0 saturated heterocycles. The average Bonchev–Trinajstić information content (AvgIpc) is 3.44. The van der Waals surface area contributed by atoms with E-state index in [4.69, 9.17) is 0 Å². The first-order valence-corrected chi connectivity index (χ1v) is 12.7. The molecule has 0 unspecified atom stereocenters. The molecule has 0 aliphatic heterocycles. The van der Waals surface area contributed by atoms with E-state index in [0.717, 1.165) is 40.5 Å². The molecule has 4 heterocycles. The third-order valence-corrected chi connectivity index (χ3v) is 7.70. The highest BCUT2D eigenvalue weighted by Gasteiger charge is 2.21. The molecule has 0 fully saturated rings. The van der Waals surface area contributed by atoms with Gasteiger partial charge in [0.1, 0.15) is 10.7 Å². The summed E-state index contributed by atoms with van der Waals surface area (Å²) in [6.45, 7) is 4.11. The van der Waals surface area contributed by atoms with Crippen LogP contribution < -0.4 is 10.9 Å². The van der Waals surface area contributed by atoms with Gasteiger partial charge in [0.2, 0.25) is 5.91 Å². The number of amides is 1. The number of hydrogen-bond donors (Lipinski definition) is 2. The summed E-state index contributed by atoms with van der Waals surface area (Å²) < 4.78 is 1.86. The largest absolute Gasteiger partial charge is 0.325 e. The van der Waals surface area contributed by atoms with E-state index in [1.807, 2.05) is 10.7 Å². The number of aromatic nitrogens is 5. The first-order chi connectivity index (χ1) is 15.5. The van der Waals surface area contributed by atoms with Crippen LogP contribution in [-0.2, 0) is 23.4 Å². The second-order valence-electron chi connectivity index (χ2n) is 8.22. The molecule has 4 aromatic heterocycles. The Morgan fingerprint density at radius 2 is 2.22 bits per heavy atom. The van der Waals surface area contributed by atoms with Crippen LogP contribution in [0.3, 0.4) is 0 Å². The number of carbonyl (C=O) groups excluding carboxylic acids is 1. The number of rotatable bonds is 7. The minimum atomic E-state index is -0.0681. The maximum Gasteiger partial charge on any atom is 0.259 e. The van der Waals surface area contributed by atoms with Crippen molar-refractivity contribution in [2.24, 2.45) is 0 Å². The zero-order valence-corrected chi connectivity index (χ0v) is 19.6. The maximum absolute atomic E-state index is 12.5. The van der Waals surface area contributed by atoms with Crippen molar-refractivity contribution in [3.63, 3.8) is 0 Å². The number of H-pyrrole nitrogens is 1. The summed E-state index contributed by atoms with van der Waals surface area (Å²) in [5, 5.41) is 8.93. The Kier molecular flexibility index (Phi) is 5.73. The molecule has 0 radical (unpaired) electrons. The Bertz CT molecular complexity index is 1370. The first-order valence-electron chi connectivity index (χ1n) is 10.7. The van der Waals surface area contributed by atoms with Crippen LogP contribution in [0, 0.1) is 0 Å². The third-order valence-electron chi connectivity index (χ3n) is 5.54. The fourth-order valence-corrected chi connectivity index (χ4v) is 6.14. The van der Waals surface area contributed by atoms with E-state index >= 15 is 0 Å². The van der Waals surface area contributed by atoms with E-state index in [-0.39, 0.29) is 17.5 Å². The number of hydrogen-bond acceptors (Lipinski definition) is 7. The smallest absolute Gasteiger partial charge is 0.259 e. The zero-order valence-electron chi connectivity index (χ0n) is 18.0. The molecule has 1 aliphatic carbocycles. The number of nitrogens with zero attached hydrogens (tertiary/aromatic N) is 4. The van der Waals surface area contributed by atoms with Crippen LogP contribution in [0.15, 0.2) is 23.3 Å². The lowest BCUT2D eigenvalue weighted by molar-refractivity contribution is -0.115. The van der Waals surface area contributed by atoms with Gasteiger partial charge in [0.15, 0.2) is 5.65 Å². The van der Waals surface area contributed by atoms with Gasteiger partial charge in [-0.1, -0.05) is 0 Å². The van der Waals surface area contributed by atoms with Crippen LogP contribution >= 0.6 is 23.1 Å². The highest BCUT2D eigenvalue weighted by atomic mass is 32.2. The SMILES string of the molecule is CC(C)n1ncc2cc(NC(=O)CCSCc3nc4sc5c(c4c(=O)[nH]3)CCC5)cnc21. The number of anilines is 1. The molecule has 166 valence electrons. The molecule has 4 aromatic rings. The molecule has 0 bridgehead atoms. The summed E-state index contributed by atoms with van der Waals surface area (Å²) >= 11 is 3.23. The van der Waals surface area contributed by atoms with Gasteiger partial charge in [-0.15, -0.1) is 11.3 Å². The summed E-state index contributed by atoms with van der Waals surface area (Å²) in [4.78, 5) is 39.0. The minimum Gasteiger partial charge on any atom is -0.325 e. The Hall–Kier alpha value is -2.72. The van der Waals surface area contributed by atoms with Gasteiger partial charge >= 0.3 is 0 Å². The molecule has 1 amide bonds. The molecule has 0 aromatic carbocycles. The molecular formula is C22H24N6O2S2. The maximum atomic E-state index is 12.5. The summed E-state index contributed by atoms with van der Waals surface area (Å²) in [6.07, 6.45) is 6.95. The highest BCUT2D eigenvalue weighted by Crippen LogP contribution is 2.34. The third kappa shape index (κ3) is 4.04. The van der Waals surface area contributed by atoms with Crippen LogP contribution in [0.1, 0.15) is 49.0 Å². The van der Waals surface area contributed by atoms with Crippen molar-refractivity contribution in [3.8, 4) is 0 Å². The van der Waals surface area contributed by atoms with Crippen molar-refractivity contribution >= 4 is 55.9 Å². The molecule has 8 nitrogen and oxygen atoms in total. The molecule has 0 saturated carbocycles. The van der Waals surface area contributed by atoms with E-state index < -0.39 is 0 Å². The lowest BCUT2D eigenvalue weighted by Crippen LogP contribution is -2.13. The van der Waals surface area contributed by atoms with Crippen molar-refractivity contribution in [1.82, 2.24) is 24.7 Å². The summed E-state index contributed by atoms with van der Waals surface area (Å²) in [5.74, 6) is 1.81. The first kappa shape index (κ1) is 21.1. The van der Waals surface area contributed by atoms with Gasteiger partial charge < -0.3 is 10.3 Å². The number of fused-ring (bicyclic) bond motifs is 4. The van der Waals surface area contributed by atoms with Gasteiger partial charge in [0.05, 0.1) is 29.2 Å². The number of aromatic amines is 1. The van der Waals surface area contributed by atoms with E-state index in [9.17, 15) is 9.59 Å². The predicted octanol–water partition coefficient (Wildman–Crippen LogP) is 4.06. The van der Waals surface area contributed by atoms with Gasteiger partial charge in [-0.3, -0.25) is 9.59 Å². The number of pyridine rings is 1. The van der Waals surface area contributed by atoms with E-state index in [2.05, 4.69) is 39.2 Å². The lowest BCUT2D eigenvalue weighted by Gasteiger charge is -2.07. The summed E-state index contributed by atoms with van der Waals surface area (Å²) in [7, 11) is 0. The molecule has 10 heteroatoms. The lowest BCUT2D eigenvalue weighted by atomic mass is 10.2. The normalized spacial score (nSPS) is 13.3. The fourth-order valence-electron chi connectivity index (χ4n) is 4.06. The topological polar surface area (TPSA) is 106 Å². The highest BCUT2D eigenvalue weighted by molar-refractivity contribution is 7.98. The number of aryl methyl sites for hydroxylation is 2. The molecule has 0 atom stereocenters. The number of carbonyl (C=O) groups is 1. The average molecular weight is 469 g/mol. The molecule has 2 N–H and O–H groups in total. The van der Waals surface area contributed by atoms with Crippen LogP contribution in [0.5, 0.6) is 0 Å². The van der Waals surface area contributed by atoms with Gasteiger partial charge in [-0.25, -0.2) is 14.6 Å². The Balaban J connectivity index is 1.15. The molecule has 32 heavy (non-hydrogen) atoms. The number of thiophene rings is 1. The van der Waals surface area contributed by atoms with Crippen LogP contribution in [0.2, 0.25) is 0 Å². The van der Waals surface area contributed by atoms with Crippen molar-refractivity contribution in [3.05, 3.63) is 45.1 Å². The number of nitrogens with one attached hydrogen (secondary N) is 2. The van der Waals surface area contributed by atoms with Gasteiger partial charge in [0.25, 0.3) is 5.56 Å². The minimum absolute atomic E-state index is 0.0357. The standard InChI is InChI=1S/C22H24N6O2S2/c1-12(2)28-20-13(9-24-28)8-14(10-23-20)25-18(29)6-7-31-11-17-26-21(30)19-15-4-3-5-16(15)32-22(19)27-17/h8-10,12H,3-7,11H2,1-2H3,(H,25,29)(H,26,27,30). The quantitative estimate of drug-likeness (QED) is 0.396. The van der Waals surface area contributed by atoms with Gasteiger partial charge in [0, 0.05) is 28.5 Å². The van der Waals surface area contributed by atoms with Crippen LogP contribution in [0.4, 0.5) is 5.69 Å².